The first-order valence-corrected chi connectivity index (χ1v) is 11.7. The third-order valence-electron chi connectivity index (χ3n) is 6.51. The second kappa shape index (κ2) is 9.33. The van der Waals surface area contributed by atoms with Gasteiger partial charge in [-0.3, -0.25) is 4.79 Å². The van der Waals surface area contributed by atoms with Crippen LogP contribution in [0.3, 0.4) is 0 Å². The molecule has 3 aromatic rings. The molecule has 1 amide bonds. The zero-order valence-corrected chi connectivity index (χ0v) is 20.4. The summed E-state index contributed by atoms with van der Waals surface area (Å²) in [7, 11) is 3.15. The van der Waals surface area contributed by atoms with Crippen LogP contribution in [0.4, 0.5) is 5.69 Å². The normalized spacial score (nSPS) is 16.9. The summed E-state index contributed by atoms with van der Waals surface area (Å²) in [6.45, 7) is 6.02. The first kappa shape index (κ1) is 22.8. The summed E-state index contributed by atoms with van der Waals surface area (Å²) in [5, 5.41) is 0. The van der Waals surface area contributed by atoms with Crippen molar-refractivity contribution in [2.75, 3.05) is 33.9 Å². The van der Waals surface area contributed by atoms with Crippen LogP contribution in [-0.2, 0) is 0 Å². The highest BCUT2D eigenvalue weighted by Crippen LogP contribution is 2.39. The Morgan fingerprint density at radius 2 is 1.77 bits per heavy atom. The van der Waals surface area contributed by atoms with E-state index in [2.05, 4.69) is 11.8 Å². The Bertz CT molecular complexity index is 1300. The summed E-state index contributed by atoms with van der Waals surface area (Å²) < 4.78 is 17.0. The molecule has 3 aromatic carbocycles. The number of carbonyl (C=O) groups excluding carboxylic acids is 1. The van der Waals surface area contributed by atoms with Crippen molar-refractivity contribution in [2.24, 2.45) is 4.99 Å². The van der Waals surface area contributed by atoms with E-state index in [4.69, 9.17) is 19.2 Å². The number of hydrogen-bond donors (Lipinski definition) is 0. The van der Waals surface area contributed by atoms with Gasteiger partial charge < -0.3 is 24.0 Å². The topological polar surface area (TPSA) is 63.6 Å². The second-order valence-corrected chi connectivity index (χ2v) is 8.87. The average Bonchev–Trinajstić information content (AvgIpc) is 3.04. The quantitative estimate of drug-likeness (QED) is 0.535. The third kappa shape index (κ3) is 4.30. The van der Waals surface area contributed by atoms with E-state index in [-0.39, 0.29) is 11.9 Å². The number of hydrogen-bond acceptors (Lipinski definition) is 6. The number of amides is 1. The minimum atomic E-state index is -0.0227. The SMILES string of the molecule is COc1ccc(C(=O)N2CCN(C3=Nc4ccc(C)cc4Oc4ccccc43)CC2C)cc1OC. The molecular formula is C28H29N3O4. The highest BCUT2D eigenvalue weighted by Gasteiger charge is 2.32. The maximum Gasteiger partial charge on any atom is 0.254 e. The fourth-order valence-corrected chi connectivity index (χ4v) is 4.66. The second-order valence-electron chi connectivity index (χ2n) is 8.87. The van der Waals surface area contributed by atoms with Crippen LogP contribution >= 0.6 is 0 Å². The zero-order valence-electron chi connectivity index (χ0n) is 20.4. The lowest BCUT2D eigenvalue weighted by Gasteiger charge is -2.41. The number of aryl methyl sites for hydroxylation is 1. The minimum Gasteiger partial charge on any atom is -0.493 e. The van der Waals surface area contributed by atoms with E-state index < -0.39 is 0 Å². The van der Waals surface area contributed by atoms with Crippen LogP contribution < -0.4 is 14.2 Å². The van der Waals surface area contributed by atoms with Crippen LogP contribution in [0, 0.1) is 6.92 Å². The molecule has 0 bridgehead atoms. The molecule has 7 nitrogen and oxygen atoms in total. The Morgan fingerprint density at radius 3 is 2.54 bits per heavy atom. The molecular weight excluding hydrogens is 442 g/mol. The Hall–Kier alpha value is -4.00. The third-order valence-corrected chi connectivity index (χ3v) is 6.51. The van der Waals surface area contributed by atoms with Gasteiger partial charge in [-0.05, 0) is 61.9 Å². The Morgan fingerprint density at radius 1 is 0.971 bits per heavy atom. The predicted octanol–water partition coefficient (Wildman–Crippen LogP) is 5.04. The molecule has 0 radical (unpaired) electrons. The minimum absolute atomic E-state index is 0.0131. The molecule has 0 aliphatic carbocycles. The lowest BCUT2D eigenvalue weighted by molar-refractivity contribution is 0.0581. The van der Waals surface area contributed by atoms with Gasteiger partial charge in [0.1, 0.15) is 17.3 Å². The number of carbonyl (C=O) groups is 1. The van der Waals surface area contributed by atoms with Crippen molar-refractivity contribution < 1.29 is 19.0 Å². The van der Waals surface area contributed by atoms with Crippen molar-refractivity contribution in [1.82, 2.24) is 9.80 Å². The Balaban J connectivity index is 1.42. The smallest absolute Gasteiger partial charge is 0.254 e. The van der Waals surface area contributed by atoms with Crippen molar-refractivity contribution >= 4 is 17.4 Å². The van der Waals surface area contributed by atoms with E-state index in [1.807, 2.05) is 54.3 Å². The molecule has 2 aliphatic rings. The van der Waals surface area contributed by atoms with Crippen molar-refractivity contribution in [3.8, 4) is 23.0 Å². The summed E-state index contributed by atoms with van der Waals surface area (Å²) in [5.74, 6) is 3.53. The molecule has 2 heterocycles. The number of piperazine rings is 1. The molecule has 35 heavy (non-hydrogen) atoms. The standard InChI is InChI=1S/C28H29N3O4/c1-18-9-11-22-25(15-18)35-23-8-6-5-7-21(23)27(29-22)30-13-14-31(19(2)17-30)28(32)20-10-12-24(33-3)26(16-20)34-4/h5-12,15-16,19H,13-14,17H2,1-4H3. The number of para-hydroxylation sites is 1. The molecule has 0 aromatic heterocycles. The molecule has 180 valence electrons. The van der Waals surface area contributed by atoms with Crippen molar-refractivity contribution in [2.45, 2.75) is 19.9 Å². The summed E-state index contributed by atoms with van der Waals surface area (Å²) in [4.78, 5) is 22.6. The number of benzene rings is 3. The summed E-state index contributed by atoms with van der Waals surface area (Å²) in [6, 6.07) is 19.3. The maximum atomic E-state index is 13.4. The van der Waals surface area contributed by atoms with Crippen molar-refractivity contribution in [3.63, 3.8) is 0 Å². The van der Waals surface area contributed by atoms with Crippen LogP contribution in [0.25, 0.3) is 0 Å². The fourth-order valence-electron chi connectivity index (χ4n) is 4.66. The fraction of sp³-hybridized carbons (Fsp3) is 0.286. The monoisotopic (exact) mass is 471 g/mol. The number of aliphatic imine (C=N–C) groups is 1. The van der Waals surface area contributed by atoms with E-state index in [1.165, 1.54) is 0 Å². The lowest BCUT2D eigenvalue weighted by atomic mass is 10.1. The first-order chi connectivity index (χ1) is 17.0. The van der Waals surface area contributed by atoms with Crippen LogP contribution in [0.1, 0.15) is 28.4 Å². The first-order valence-electron chi connectivity index (χ1n) is 11.7. The lowest BCUT2D eigenvalue weighted by Crippen LogP contribution is -2.55. The number of ether oxygens (including phenoxy) is 3. The molecule has 5 rings (SSSR count). The van der Waals surface area contributed by atoms with Gasteiger partial charge in [0.2, 0.25) is 0 Å². The number of rotatable bonds is 3. The van der Waals surface area contributed by atoms with E-state index in [1.54, 1.807) is 32.4 Å². The van der Waals surface area contributed by atoms with Gasteiger partial charge in [-0.2, -0.15) is 0 Å². The number of nitrogens with zero attached hydrogens (tertiary/aromatic N) is 3. The van der Waals surface area contributed by atoms with Gasteiger partial charge in [0.25, 0.3) is 5.91 Å². The van der Waals surface area contributed by atoms with E-state index in [0.29, 0.717) is 36.7 Å². The van der Waals surface area contributed by atoms with Gasteiger partial charge in [-0.25, -0.2) is 4.99 Å². The van der Waals surface area contributed by atoms with E-state index in [9.17, 15) is 4.79 Å². The predicted molar refractivity (Wildman–Crippen MR) is 136 cm³/mol. The maximum absolute atomic E-state index is 13.4. The highest BCUT2D eigenvalue weighted by atomic mass is 16.5. The van der Waals surface area contributed by atoms with Crippen molar-refractivity contribution in [3.05, 3.63) is 77.4 Å². The summed E-state index contributed by atoms with van der Waals surface area (Å²) in [6.07, 6.45) is 0. The van der Waals surface area contributed by atoms with Crippen LogP contribution in [0.2, 0.25) is 0 Å². The van der Waals surface area contributed by atoms with Gasteiger partial charge in [-0.15, -0.1) is 0 Å². The average molecular weight is 472 g/mol. The van der Waals surface area contributed by atoms with Crippen LogP contribution in [0.5, 0.6) is 23.0 Å². The van der Waals surface area contributed by atoms with Crippen LogP contribution in [-0.4, -0.2) is 61.4 Å². The van der Waals surface area contributed by atoms with Crippen LogP contribution in [0.15, 0.2) is 65.7 Å². The molecule has 0 N–H and O–H groups in total. The molecule has 0 saturated carbocycles. The van der Waals surface area contributed by atoms with E-state index in [0.717, 1.165) is 34.1 Å². The molecule has 1 atom stereocenters. The van der Waals surface area contributed by atoms with Gasteiger partial charge in [-0.1, -0.05) is 18.2 Å². The highest BCUT2D eigenvalue weighted by molar-refractivity contribution is 6.04. The Kier molecular flexibility index (Phi) is 6.07. The zero-order chi connectivity index (χ0) is 24.5. The van der Waals surface area contributed by atoms with Gasteiger partial charge in [0, 0.05) is 31.2 Å². The molecule has 1 saturated heterocycles. The number of amidine groups is 1. The number of fused-ring (bicyclic) bond motifs is 2. The molecule has 7 heteroatoms. The van der Waals surface area contributed by atoms with Gasteiger partial charge in [0.15, 0.2) is 17.2 Å². The summed E-state index contributed by atoms with van der Waals surface area (Å²) >= 11 is 0. The Labute approximate surface area is 205 Å². The van der Waals surface area contributed by atoms with Gasteiger partial charge in [0.05, 0.1) is 19.8 Å². The molecule has 0 spiro atoms. The largest absolute Gasteiger partial charge is 0.493 e. The summed E-state index contributed by atoms with van der Waals surface area (Å²) in [5.41, 5.74) is 3.46. The van der Waals surface area contributed by atoms with Crippen molar-refractivity contribution in [1.29, 1.82) is 0 Å². The molecule has 2 aliphatic heterocycles. The molecule has 1 unspecified atom stereocenters. The molecule has 1 fully saturated rings. The van der Waals surface area contributed by atoms with Gasteiger partial charge >= 0.3 is 0 Å². The number of methoxy groups -OCH3 is 2. The van der Waals surface area contributed by atoms with E-state index >= 15 is 0 Å².